The molecule has 1 aromatic carbocycles. The van der Waals surface area contributed by atoms with Crippen LogP contribution in [0.5, 0.6) is 0 Å². The molecule has 0 saturated heterocycles. The summed E-state index contributed by atoms with van der Waals surface area (Å²) in [6.07, 6.45) is 7.97. The van der Waals surface area contributed by atoms with Gasteiger partial charge in [0.1, 0.15) is 0 Å². The van der Waals surface area contributed by atoms with Gasteiger partial charge in [0, 0.05) is 0 Å². The second-order valence-electron chi connectivity index (χ2n) is 5.19. The van der Waals surface area contributed by atoms with E-state index in [1.165, 1.54) is 38.5 Å². The van der Waals surface area contributed by atoms with Gasteiger partial charge in [-0.1, -0.05) is 0 Å². The minimum atomic E-state index is 0.0590. The fraction of sp³-hybridized carbons (Fsp3) is 0.600. The van der Waals surface area contributed by atoms with Gasteiger partial charge in [0.15, 0.2) is 0 Å². The zero-order valence-corrected chi connectivity index (χ0v) is 13.6. The third-order valence-corrected chi connectivity index (χ3v) is 4.57. The molecule has 4 heteroatoms. The Bertz CT molecular complexity index is 495. The third kappa shape index (κ3) is 4.32. The minimum absolute atomic E-state index is 0.0590. The van der Waals surface area contributed by atoms with E-state index in [0.717, 1.165) is 16.7 Å². The molecule has 0 aliphatic carbocycles. The van der Waals surface area contributed by atoms with Crippen LogP contribution in [0.25, 0.3) is 11.0 Å². The predicted molar refractivity (Wildman–Crippen MR) is 82.9 cm³/mol. The van der Waals surface area contributed by atoms with Gasteiger partial charge in [-0.3, -0.25) is 0 Å². The molecule has 0 saturated carbocycles. The average Bonchev–Trinajstić information content (AvgIpc) is 2.88. The molecular weight excluding hydrogens is 301 g/mol. The third-order valence-electron chi connectivity index (χ3n) is 3.43. The molecule has 1 N–H and O–H groups in total. The van der Waals surface area contributed by atoms with Crippen molar-refractivity contribution in [3.63, 3.8) is 0 Å². The van der Waals surface area contributed by atoms with E-state index in [2.05, 4.69) is 39.3 Å². The van der Waals surface area contributed by atoms with Crippen LogP contribution in [0.15, 0.2) is 18.2 Å². The van der Waals surface area contributed by atoms with Gasteiger partial charge in [-0.25, -0.2) is 0 Å². The molecule has 2 aromatic rings. The molecule has 0 bridgehead atoms. The van der Waals surface area contributed by atoms with Crippen molar-refractivity contribution in [2.45, 2.75) is 58.4 Å². The van der Waals surface area contributed by atoms with Crippen molar-refractivity contribution in [3.05, 3.63) is 18.2 Å². The maximum atomic E-state index is 4.51. The van der Waals surface area contributed by atoms with Crippen LogP contribution < -0.4 is 5.32 Å². The molecule has 19 heavy (non-hydrogen) atoms. The Balaban J connectivity index is 1.81. The van der Waals surface area contributed by atoms with Gasteiger partial charge >= 0.3 is 122 Å². The molecule has 0 amide bonds. The van der Waals surface area contributed by atoms with Crippen molar-refractivity contribution in [2.75, 3.05) is 5.32 Å². The van der Waals surface area contributed by atoms with Gasteiger partial charge in [-0.05, 0) is 0 Å². The van der Waals surface area contributed by atoms with E-state index in [-0.39, 0.29) is 15.0 Å². The van der Waals surface area contributed by atoms with Crippen LogP contribution in [-0.2, 0) is 0 Å². The number of nitrogens with zero attached hydrogens (tertiary/aromatic N) is 2. The molecule has 104 valence electrons. The van der Waals surface area contributed by atoms with Crippen molar-refractivity contribution < 1.29 is 0 Å². The van der Waals surface area contributed by atoms with Gasteiger partial charge in [0.2, 0.25) is 0 Å². The van der Waals surface area contributed by atoms with Crippen molar-refractivity contribution >= 4 is 31.7 Å². The van der Waals surface area contributed by atoms with E-state index in [1.807, 2.05) is 6.07 Å². The number of unbranched alkanes of at least 4 members (excludes halogenated alkanes) is 4. The molecule has 1 atom stereocenters. The average molecular weight is 324 g/mol. The number of benzene rings is 1. The molecule has 2 rings (SSSR count). The van der Waals surface area contributed by atoms with E-state index in [0.29, 0.717) is 6.04 Å². The standard InChI is InChI=1S/C15H23N3Se/c1-3-4-5-6-7-9-12(2)16-13-10-8-11-14-15(13)18-19-17-14/h8,10-12,16H,3-7,9H2,1-2H3. The number of nitrogens with one attached hydrogen (secondary N) is 1. The van der Waals surface area contributed by atoms with E-state index in [4.69, 9.17) is 0 Å². The summed E-state index contributed by atoms with van der Waals surface area (Å²) in [5.74, 6) is 0. The summed E-state index contributed by atoms with van der Waals surface area (Å²) in [6.45, 7) is 4.52. The van der Waals surface area contributed by atoms with E-state index in [9.17, 15) is 0 Å². The van der Waals surface area contributed by atoms with E-state index >= 15 is 0 Å². The van der Waals surface area contributed by atoms with Crippen molar-refractivity contribution in [3.8, 4) is 0 Å². The van der Waals surface area contributed by atoms with E-state index in [1.54, 1.807) is 0 Å². The van der Waals surface area contributed by atoms with Crippen LogP contribution in [0, 0.1) is 0 Å². The number of hydrogen-bond donors (Lipinski definition) is 1. The summed E-state index contributed by atoms with van der Waals surface area (Å²) in [4.78, 5) is 0. The maximum absolute atomic E-state index is 4.51. The zero-order valence-electron chi connectivity index (χ0n) is 11.9. The SMILES string of the molecule is CCCCCCCC(C)Nc1cccc2n[se]nc12. The number of hydrogen-bond acceptors (Lipinski definition) is 3. The van der Waals surface area contributed by atoms with Crippen LogP contribution >= 0.6 is 0 Å². The first-order chi connectivity index (χ1) is 9.31. The summed E-state index contributed by atoms with van der Waals surface area (Å²) in [5.41, 5.74) is 3.28. The second-order valence-corrected chi connectivity index (χ2v) is 6.29. The Labute approximate surface area is 122 Å². The topological polar surface area (TPSA) is 37.8 Å². The molecular formula is C15H23N3Se. The van der Waals surface area contributed by atoms with Crippen LogP contribution in [0.3, 0.4) is 0 Å². The van der Waals surface area contributed by atoms with Crippen molar-refractivity contribution in [1.29, 1.82) is 0 Å². The summed E-state index contributed by atoms with van der Waals surface area (Å²) >= 11 is 0.0590. The molecule has 1 unspecified atom stereocenters. The van der Waals surface area contributed by atoms with Crippen molar-refractivity contribution in [2.24, 2.45) is 0 Å². The summed E-state index contributed by atoms with van der Waals surface area (Å²) in [7, 11) is 0. The molecule has 0 fully saturated rings. The molecule has 0 radical (unpaired) electrons. The molecule has 0 spiro atoms. The van der Waals surface area contributed by atoms with E-state index < -0.39 is 0 Å². The molecule has 0 aliphatic rings. The van der Waals surface area contributed by atoms with Gasteiger partial charge in [0.05, 0.1) is 0 Å². The first-order valence-corrected chi connectivity index (χ1v) is 8.82. The Hall–Kier alpha value is -0.861. The predicted octanol–water partition coefficient (Wildman–Crippen LogP) is 3.85. The Morgan fingerprint density at radius 1 is 1.16 bits per heavy atom. The quantitative estimate of drug-likeness (QED) is 0.592. The fourth-order valence-corrected chi connectivity index (χ4v) is 3.47. The fourth-order valence-electron chi connectivity index (χ4n) is 2.31. The Morgan fingerprint density at radius 3 is 2.84 bits per heavy atom. The Morgan fingerprint density at radius 2 is 2.00 bits per heavy atom. The number of anilines is 1. The zero-order chi connectivity index (χ0) is 13.5. The Kier molecular flexibility index (Phi) is 5.87. The van der Waals surface area contributed by atoms with Gasteiger partial charge in [0.25, 0.3) is 0 Å². The van der Waals surface area contributed by atoms with Crippen LogP contribution in [0.1, 0.15) is 52.4 Å². The number of fused-ring (bicyclic) bond motifs is 1. The summed E-state index contributed by atoms with van der Waals surface area (Å²) in [6, 6.07) is 6.74. The molecule has 0 aliphatic heterocycles. The van der Waals surface area contributed by atoms with Crippen LogP contribution in [-0.4, -0.2) is 29.0 Å². The number of aromatic nitrogens is 2. The first kappa shape index (κ1) is 14.5. The number of rotatable bonds is 8. The molecule has 1 heterocycles. The monoisotopic (exact) mass is 325 g/mol. The van der Waals surface area contributed by atoms with Crippen LogP contribution in [0.2, 0.25) is 0 Å². The molecule has 3 nitrogen and oxygen atoms in total. The second kappa shape index (κ2) is 7.66. The first-order valence-electron chi connectivity index (χ1n) is 7.29. The summed E-state index contributed by atoms with van der Waals surface area (Å²) < 4.78 is 8.93. The normalized spacial score (nSPS) is 12.7. The van der Waals surface area contributed by atoms with Gasteiger partial charge in [-0.15, -0.1) is 0 Å². The van der Waals surface area contributed by atoms with Gasteiger partial charge < -0.3 is 0 Å². The van der Waals surface area contributed by atoms with Crippen LogP contribution in [0.4, 0.5) is 5.69 Å². The molecule has 1 aromatic heterocycles. The summed E-state index contributed by atoms with van der Waals surface area (Å²) in [5, 5.41) is 3.59. The van der Waals surface area contributed by atoms with Crippen molar-refractivity contribution in [1.82, 2.24) is 7.96 Å². The van der Waals surface area contributed by atoms with Gasteiger partial charge in [-0.2, -0.15) is 0 Å².